The monoisotopic (exact) mass is 426 g/mol. The van der Waals surface area contributed by atoms with Crippen LogP contribution in [0.15, 0.2) is 18.2 Å². The fraction of sp³-hybridized carbons (Fsp3) is 0.333. The van der Waals surface area contributed by atoms with E-state index in [4.69, 9.17) is 16.3 Å². The maximum absolute atomic E-state index is 14.0. The summed E-state index contributed by atoms with van der Waals surface area (Å²) in [4.78, 5) is 38.0. The van der Waals surface area contributed by atoms with E-state index in [-0.39, 0.29) is 19.0 Å². The maximum atomic E-state index is 14.0. The van der Waals surface area contributed by atoms with Gasteiger partial charge in [0.1, 0.15) is 17.5 Å². The molecule has 154 valence electrons. The quantitative estimate of drug-likeness (QED) is 0.594. The van der Waals surface area contributed by atoms with E-state index >= 15 is 0 Å². The van der Waals surface area contributed by atoms with Crippen molar-refractivity contribution >= 4 is 34.8 Å². The third-order valence-corrected chi connectivity index (χ3v) is 4.82. The van der Waals surface area contributed by atoms with Crippen LogP contribution in [0.1, 0.15) is 42.4 Å². The maximum Gasteiger partial charge on any atom is 0.436 e. The molecule has 0 saturated carbocycles. The van der Waals surface area contributed by atoms with E-state index in [1.807, 2.05) is 0 Å². The first-order chi connectivity index (χ1) is 13.6. The van der Waals surface area contributed by atoms with Crippen molar-refractivity contribution in [3.63, 3.8) is 0 Å². The molecule has 1 N–H and O–H groups in total. The molecule has 3 rings (SSSR count). The zero-order chi connectivity index (χ0) is 21.5. The standard InChI is InChI=1S/C18H17ClF2N4O4/c1-4-29-17(28)25-14(22-15(26)10-6-5-9(20)7-12(10)21)11-8-24(16(19)27)18(2,3)13(11)23-25/h5-7H,4,8H2,1-3H3,(H,22,26). The number of halogens is 3. The summed E-state index contributed by atoms with van der Waals surface area (Å²) < 4.78 is 32.9. The number of aromatic nitrogens is 2. The molecule has 1 aromatic heterocycles. The number of hydrogen-bond acceptors (Lipinski definition) is 5. The molecule has 0 unspecified atom stereocenters. The van der Waals surface area contributed by atoms with Crippen molar-refractivity contribution in [2.24, 2.45) is 0 Å². The first-order valence-electron chi connectivity index (χ1n) is 8.61. The minimum atomic E-state index is -1.07. The number of fused-ring (bicyclic) bond motifs is 1. The second-order valence-electron chi connectivity index (χ2n) is 6.76. The molecular formula is C18H17ClF2N4O4. The molecule has 0 bridgehead atoms. The summed E-state index contributed by atoms with van der Waals surface area (Å²) in [5.74, 6) is -2.92. The van der Waals surface area contributed by atoms with Crippen LogP contribution < -0.4 is 5.32 Å². The number of hydrogen-bond donors (Lipinski definition) is 1. The Hall–Kier alpha value is -3.01. The lowest BCUT2D eigenvalue weighted by molar-refractivity contribution is 0.102. The molecule has 2 heterocycles. The molecule has 1 aliphatic heterocycles. The Labute approximate surface area is 169 Å². The molecule has 1 aliphatic rings. The average molecular weight is 427 g/mol. The number of nitrogens with zero attached hydrogens (tertiary/aromatic N) is 3. The summed E-state index contributed by atoms with van der Waals surface area (Å²) in [5, 5.41) is 5.88. The number of carbonyl (C=O) groups excluding carboxylic acids is 3. The Balaban J connectivity index is 2.06. The van der Waals surface area contributed by atoms with Crippen LogP contribution in [0.3, 0.4) is 0 Å². The van der Waals surface area contributed by atoms with E-state index < -0.39 is 40.1 Å². The second kappa shape index (κ2) is 7.43. The van der Waals surface area contributed by atoms with Crippen molar-refractivity contribution < 1.29 is 27.9 Å². The Morgan fingerprint density at radius 3 is 2.59 bits per heavy atom. The molecule has 2 aromatic rings. The minimum Gasteiger partial charge on any atom is -0.448 e. The van der Waals surface area contributed by atoms with Gasteiger partial charge in [-0.2, -0.15) is 5.10 Å². The zero-order valence-corrected chi connectivity index (χ0v) is 16.5. The summed E-state index contributed by atoms with van der Waals surface area (Å²) in [6.45, 7) is 4.96. The van der Waals surface area contributed by atoms with Gasteiger partial charge in [-0.1, -0.05) is 0 Å². The Kier molecular flexibility index (Phi) is 5.31. The molecule has 0 radical (unpaired) electrons. The second-order valence-corrected chi connectivity index (χ2v) is 7.09. The summed E-state index contributed by atoms with van der Waals surface area (Å²) in [5.41, 5.74) is -0.714. The summed E-state index contributed by atoms with van der Waals surface area (Å²) >= 11 is 5.65. The fourth-order valence-electron chi connectivity index (χ4n) is 3.15. The number of nitrogens with one attached hydrogen (secondary N) is 1. The highest BCUT2D eigenvalue weighted by Gasteiger charge is 2.45. The van der Waals surface area contributed by atoms with Crippen molar-refractivity contribution in [1.29, 1.82) is 0 Å². The number of amides is 2. The molecule has 29 heavy (non-hydrogen) atoms. The molecular weight excluding hydrogens is 410 g/mol. The minimum absolute atomic E-state index is 0.0361. The van der Waals surface area contributed by atoms with Crippen LogP contribution >= 0.6 is 11.6 Å². The molecule has 11 heteroatoms. The normalized spacial score (nSPS) is 14.5. The highest BCUT2D eigenvalue weighted by molar-refractivity contribution is 6.62. The predicted molar refractivity (Wildman–Crippen MR) is 98.8 cm³/mol. The topological polar surface area (TPSA) is 93.5 Å². The van der Waals surface area contributed by atoms with E-state index in [0.29, 0.717) is 17.3 Å². The van der Waals surface area contributed by atoms with E-state index in [9.17, 15) is 23.2 Å². The molecule has 2 amide bonds. The van der Waals surface area contributed by atoms with Crippen LogP contribution in [0, 0.1) is 11.6 Å². The first-order valence-corrected chi connectivity index (χ1v) is 8.98. The van der Waals surface area contributed by atoms with E-state index in [2.05, 4.69) is 10.4 Å². The largest absolute Gasteiger partial charge is 0.448 e. The lowest BCUT2D eigenvalue weighted by atomic mass is 10.0. The molecule has 1 aromatic carbocycles. The first kappa shape index (κ1) is 20.7. The van der Waals surface area contributed by atoms with Gasteiger partial charge >= 0.3 is 11.5 Å². The summed E-state index contributed by atoms with van der Waals surface area (Å²) in [6, 6.07) is 2.48. The SMILES string of the molecule is CCOC(=O)n1nc2c(c1NC(=O)c1ccc(F)cc1F)CN(C(=O)Cl)C2(C)C. The van der Waals surface area contributed by atoms with Gasteiger partial charge in [0.2, 0.25) is 0 Å². The van der Waals surface area contributed by atoms with Crippen molar-refractivity contribution in [1.82, 2.24) is 14.7 Å². The number of carbonyl (C=O) groups is 3. The van der Waals surface area contributed by atoms with Gasteiger partial charge < -0.3 is 15.0 Å². The third kappa shape index (κ3) is 3.55. The van der Waals surface area contributed by atoms with Gasteiger partial charge in [0.25, 0.3) is 5.91 Å². The van der Waals surface area contributed by atoms with E-state index in [1.54, 1.807) is 20.8 Å². The summed E-state index contributed by atoms with van der Waals surface area (Å²) in [7, 11) is 0. The predicted octanol–water partition coefficient (Wildman–Crippen LogP) is 3.83. The van der Waals surface area contributed by atoms with E-state index in [1.165, 1.54) is 4.90 Å². The van der Waals surface area contributed by atoms with E-state index in [0.717, 1.165) is 16.8 Å². The van der Waals surface area contributed by atoms with Gasteiger partial charge in [0.15, 0.2) is 0 Å². The third-order valence-electron chi connectivity index (χ3n) is 4.61. The van der Waals surface area contributed by atoms with Crippen LogP contribution in [0.5, 0.6) is 0 Å². The van der Waals surface area contributed by atoms with Gasteiger partial charge in [-0.15, -0.1) is 4.68 Å². The van der Waals surface area contributed by atoms with Crippen LogP contribution in [0.4, 0.5) is 24.2 Å². The Morgan fingerprint density at radius 2 is 2.00 bits per heavy atom. The Bertz CT molecular complexity index is 1020. The van der Waals surface area contributed by atoms with Gasteiger partial charge in [0.05, 0.1) is 29.9 Å². The molecule has 0 fully saturated rings. The molecule has 8 nitrogen and oxygen atoms in total. The zero-order valence-electron chi connectivity index (χ0n) is 15.8. The van der Waals surface area contributed by atoms with Crippen molar-refractivity contribution in [3.05, 3.63) is 46.7 Å². The van der Waals surface area contributed by atoms with Crippen molar-refractivity contribution in [2.75, 3.05) is 11.9 Å². The van der Waals surface area contributed by atoms with Gasteiger partial charge in [0, 0.05) is 11.6 Å². The molecule has 0 aliphatic carbocycles. The molecule has 0 atom stereocenters. The smallest absolute Gasteiger partial charge is 0.436 e. The number of rotatable bonds is 3. The number of anilines is 1. The molecule has 0 saturated heterocycles. The van der Waals surface area contributed by atoms with Gasteiger partial charge in [-0.25, -0.2) is 13.6 Å². The highest BCUT2D eigenvalue weighted by atomic mass is 35.5. The van der Waals surface area contributed by atoms with Crippen LogP contribution in [0.2, 0.25) is 0 Å². The fourth-order valence-corrected chi connectivity index (χ4v) is 3.42. The highest BCUT2D eigenvalue weighted by Crippen LogP contribution is 2.42. The van der Waals surface area contributed by atoms with Crippen molar-refractivity contribution in [3.8, 4) is 0 Å². The lowest BCUT2D eigenvalue weighted by Crippen LogP contribution is -2.38. The van der Waals surface area contributed by atoms with Crippen molar-refractivity contribution in [2.45, 2.75) is 32.9 Å². The van der Waals surface area contributed by atoms with Gasteiger partial charge in [-0.05, 0) is 44.5 Å². The van der Waals surface area contributed by atoms with Crippen LogP contribution in [-0.4, -0.2) is 38.7 Å². The number of ether oxygens (including phenoxy) is 1. The van der Waals surface area contributed by atoms with Crippen LogP contribution in [0.25, 0.3) is 0 Å². The summed E-state index contributed by atoms with van der Waals surface area (Å²) in [6.07, 6.45) is -0.865. The number of benzene rings is 1. The molecule has 0 spiro atoms. The Morgan fingerprint density at radius 1 is 1.31 bits per heavy atom. The van der Waals surface area contributed by atoms with Crippen LogP contribution in [-0.2, 0) is 16.8 Å². The van der Waals surface area contributed by atoms with Gasteiger partial charge in [-0.3, -0.25) is 9.59 Å². The average Bonchev–Trinajstić information content (AvgIpc) is 3.10. The lowest BCUT2D eigenvalue weighted by Gasteiger charge is -2.29.